The molecule has 0 radical (unpaired) electrons. The molecule has 0 spiro atoms. The average molecular weight is 520 g/mol. The van der Waals surface area contributed by atoms with Crippen LogP contribution in [0.1, 0.15) is 70.0 Å². The van der Waals surface area contributed by atoms with Gasteiger partial charge in [-0.25, -0.2) is 0 Å². The fraction of sp³-hybridized carbons (Fsp3) is 0.517. The van der Waals surface area contributed by atoms with Crippen LogP contribution in [-0.2, 0) is 15.0 Å². The molecule has 1 aromatic heterocycles. The smallest absolute Gasteiger partial charge is 0.254 e. The number of amides is 2. The molecule has 4 rings (SSSR count). The number of hydrogen-bond acceptors (Lipinski definition) is 7. The van der Waals surface area contributed by atoms with Crippen molar-refractivity contribution < 1.29 is 19.8 Å². The van der Waals surface area contributed by atoms with Crippen LogP contribution in [0.25, 0.3) is 0 Å². The summed E-state index contributed by atoms with van der Waals surface area (Å²) in [6.07, 6.45) is 7.26. The van der Waals surface area contributed by atoms with Crippen LogP contribution in [0.2, 0.25) is 0 Å². The Morgan fingerprint density at radius 3 is 2.39 bits per heavy atom. The lowest BCUT2D eigenvalue weighted by Crippen LogP contribution is -2.54. The Morgan fingerprint density at radius 1 is 1.13 bits per heavy atom. The predicted octanol–water partition coefficient (Wildman–Crippen LogP) is 2.79. The first-order valence-electron chi connectivity index (χ1n) is 13.3. The maximum atomic E-state index is 14.2. The molecule has 2 heterocycles. The summed E-state index contributed by atoms with van der Waals surface area (Å²) < 4.78 is 0. The summed E-state index contributed by atoms with van der Waals surface area (Å²) in [7, 11) is 0. The summed E-state index contributed by atoms with van der Waals surface area (Å²) >= 11 is 0. The fourth-order valence-corrected chi connectivity index (χ4v) is 5.35. The number of rotatable bonds is 6. The van der Waals surface area contributed by atoms with Gasteiger partial charge in [-0.1, -0.05) is 58.2 Å². The van der Waals surface area contributed by atoms with E-state index >= 15 is 0 Å². The van der Waals surface area contributed by atoms with E-state index in [0.717, 1.165) is 42.6 Å². The number of aliphatic hydroxyl groups excluding tert-OH is 2. The molecular formula is C29H37N5O4. The number of nitrogens with one attached hydrogen (secondary N) is 1. The first-order valence-corrected chi connectivity index (χ1v) is 13.3. The van der Waals surface area contributed by atoms with E-state index < -0.39 is 30.2 Å². The zero-order valence-corrected chi connectivity index (χ0v) is 22.2. The molecule has 1 aliphatic carbocycles. The van der Waals surface area contributed by atoms with Crippen molar-refractivity contribution in [2.24, 2.45) is 0 Å². The van der Waals surface area contributed by atoms with Crippen molar-refractivity contribution in [2.45, 2.75) is 88.6 Å². The number of aliphatic hydroxyl groups is 2. The molecular weight excluding hydrogens is 482 g/mol. The van der Waals surface area contributed by atoms with E-state index in [2.05, 4.69) is 31.1 Å². The SMILES string of the molecule is CC(C)(C)c1ccc(N(C(=O)C2C(O)C(O)CN2C#N)C(C(=O)NC2CCCCC2)c2cccnc2)cc1. The number of β-amino-alcohol motifs (C(OH)–C–C–N with tert-alkyl or cyclic N) is 1. The first kappa shape index (κ1) is 27.6. The van der Waals surface area contributed by atoms with Crippen molar-refractivity contribution in [3.05, 3.63) is 59.9 Å². The topological polar surface area (TPSA) is 130 Å². The molecule has 9 nitrogen and oxygen atoms in total. The highest BCUT2D eigenvalue weighted by atomic mass is 16.3. The number of hydrogen-bond donors (Lipinski definition) is 3. The van der Waals surface area contributed by atoms with Crippen LogP contribution in [0.15, 0.2) is 48.8 Å². The minimum absolute atomic E-state index is 0.00476. The third-order valence-corrected chi connectivity index (χ3v) is 7.53. The van der Waals surface area contributed by atoms with E-state index in [9.17, 15) is 25.1 Å². The Bertz CT molecular complexity index is 1150. The van der Waals surface area contributed by atoms with Gasteiger partial charge < -0.3 is 15.5 Å². The average Bonchev–Trinajstić information content (AvgIpc) is 3.20. The molecule has 2 aliphatic rings. The molecule has 4 unspecified atom stereocenters. The lowest BCUT2D eigenvalue weighted by molar-refractivity contribution is -0.130. The number of aromatic nitrogens is 1. The van der Waals surface area contributed by atoms with Crippen LogP contribution in [0.4, 0.5) is 5.69 Å². The maximum Gasteiger partial charge on any atom is 0.254 e. The van der Waals surface area contributed by atoms with E-state index in [1.807, 2.05) is 18.3 Å². The van der Waals surface area contributed by atoms with E-state index in [1.54, 1.807) is 36.7 Å². The number of carbonyl (C=O) groups excluding carboxylic acids is 2. The second kappa shape index (κ2) is 11.5. The van der Waals surface area contributed by atoms with Crippen molar-refractivity contribution in [2.75, 3.05) is 11.4 Å². The Hall–Kier alpha value is -3.48. The van der Waals surface area contributed by atoms with Gasteiger partial charge in [0.05, 0.1) is 6.54 Å². The summed E-state index contributed by atoms with van der Waals surface area (Å²) in [6.45, 7) is 6.09. The van der Waals surface area contributed by atoms with Gasteiger partial charge in [-0.15, -0.1) is 0 Å². The quantitative estimate of drug-likeness (QED) is 0.501. The summed E-state index contributed by atoms with van der Waals surface area (Å²) in [5.74, 6) is -0.999. The Morgan fingerprint density at radius 2 is 1.82 bits per heavy atom. The minimum Gasteiger partial charge on any atom is -0.388 e. The van der Waals surface area contributed by atoms with Gasteiger partial charge in [0.1, 0.15) is 24.3 Å². The van der Waals surface area contributed by atoms with E-state index in [1.165, 1.54) is 4.90 Å². The molecule has 1 saturated carbocycles. The zero-order chi connectivity index (χ0) is 27.4. The monoisotopic (exact) mass is 519 g/mol. The molecule has 2 aromatic rings. The molecule has 2 fully saturated rings. The van der Waals surface area contributed by atoms with Crippen molar-refractivity contribution in [1.82, 2.24) is 15.2 Å². The van der Waals surface area contributed by atoms with Crippen molar-refractivity contribution in [3.63, 3.8) is 0 Å². The molecule has 202 valence electrons. The number of nitriles is 1. The first-order chi connectivity index (χ1) is 18.1. The van der Waals surface area contributed by atoms with Gasteiger partial charge in [0.15, 0.2) is 6.19 Å². The second-order valence-corrected chi connectivity index (χ2v) is 11.3. The lowest BCUT2D eigenvalue weighted by atomic mass is 9.87. The van der Waals surface area contributed by atoms with Crippen molar-refractivity contribution >= 4 is 17.5 Å². The van der Waals surface area contributed by atoms with Gasteiger partial charge >= 0.3 is 0 Å². The predicted molar refractivity (Wildman–Crippen MR) is 143 cm³/mol. The molecule has 9 heteroatoms. The highest BCUT2D eigenvalue weighted by Crippen LogP contribution is 2.33. The number of anilines is 1. The minimum atomic E-state index is -1.48. The van der Waals surface area contributed by atoms with Crippen LogP contribution in [0.3, 0.4) is 0 Å². The fourth-order valence-electron chi connectivity index (χ4n) is 5.35. The lowest BCUT2D eigenvalue weighted by Gasteiger charge is -2.36. The number of nitrogens with zero attached hydrogens (tertiary/aromatic N) is 4. The number of likely N-dealkylation sites (tertiary alicyclic amines) is 1. The molecule has 4 atom stereocenters. The van der Waals surface area contributed by atoms with E-state index in [-0.39, 0.29) is 23.9 Å². The van der Waals surface area contributed by atoms with Gasteiger partial charge in [-0.2, -0.15) is 5.26 Å². The number of carbonyl (C=O) groups is 2. The molecule has 1 saturated heterocycles. The van der Waals surface area contributed by atoms with Gasteiger partial charge in [0, 0.05) is 29.7 Å². The van der Waals surface area contributed by atoms with Crippen molar-refractivity contribution in [3.8, 4) is 6.19 Å². The third-order valence-electron chi connectivity index (χ3n) is 7.53. The summed E-state index contributed by atoms with van der Waals surface area (Å²) in [4.78, 5) is 34.8. The normalized spacial score (nSPS) is 22.9. The van der Waals surface area contributed by atoms with E-state index in [0.29, 0.717) is 11.3 Å². The third kappa shape index (κ3) is 5.82. The number of benzene rings is 1. The second-order valence-electron chi connectivity index (χ2n) is 11.3. The highest BCUT2D eigenvalue weighted by Gasteiger charge is 2.48. The Labute approximate surface area is 224 Å². The molecule has 2 amide bonds. The highest BCUT2D eigenvalue weighted by molar-refractivity contribution is 6.04. The largest absolute Gasteiger partial charge is 0.388 e. The molecule has 1 aromatic carbocycles. The molecule has 3 N–H and O–H groups in total. The van der Waals surface area contributed by atoms with Gasteiger partial charge in [-0.3, -0.25) is 24.4 Å². The van der Waals surface area contributed by atoms with Crippen LogP contribution < -0.4 is 10.2 Å². The Kier molecular flexibility index (Phi) is 8.34. The summed E-state index contributed by atoms with van der Waals surface area (Å²) in [5.41, 5.74) is 1.87. The summed E-state index contributed by atoms with van der Waals surface area (Å²) in [6, 6.07) is 8.41. The molecule has 0 bridgehead atoms. The van der Waals surface area contributed by atoms with E-state index in [4.69, 9.17) is 0 Å². The molecule has 38 heavy (non-hydrogen) atoms. The van der Waals surface area contributed by atoms with Gasteiger partial charge in [0.25, 0.3) is 5.91 Å². The standard InChI is InChI=1S/C29H37N5O4/c1-29(2,3)20-11-13-22(14-12-20)34(28(38)25-26(36)23(35)17-33(25)18-30)24(19-8-7-15-31-16-19)27(37)32-21-9-5-4-6-10-21/h7-8,11-16,21,23-26,35-36H,4-6,9-10,17H2,1-3H3,(H,32,37). The van der Waals surface area contributed by atoms with Crippen LogP contribution in [0, 0.1) is 11.5 Å². The van der Waals surface area contributed by atoms with Gasteiger partial charge in [0.2, 0.25) is 5.91 Å². The van der Waals surface area contributed by atoms with Crippen LogP contribution in [-0.4, -0.2) is 62.7 Å². The zero-order valence-electron chi connectivity index (χ0n) is 22.2. The number of pyridine rings is 1. The van der Waals surface area contributed by atoms with Crippen LogP contribution in [0.5, 0.6) is 0 Å². The Balaban J connectivity index is 1.81. The molecule has 1 aliphatic heterocycles. The van der Waals surface area contributed by atoms with Crippen molar-refractivity contribution in [1.29, 1.82) is 5.26 Å². The van der Waals surface area contributed by atoms with Gasteiger partial charge in [-0.05, 0) is 42.0 Å². The summed E-state index contributed by atoms with van der Waals surface area (Å²) in [5, 5.41) is 33.8. The maximum absolute atomic E-state index is 14.2. The van der Waals surface area contributed by atoms with Crippen LogP contribution >= 0.6 is 0 Å².